The van der Waals surface area contributed by atoms with E-state index in [9.17, 15) is 4.79 Å². The summed E-state index contributed by atoms with van der Waals surface area (Å²) in [6, 6.07) is 6.85. The highest BCUT2D eigenvalue weighted by Gasteiger charge is 2.27. The number of fused-ring (bicyclic) bond motifs is 1. The van der Waals surface area contributed by atoms with E-state index >= 15 is 0 Å². The van der Waals surface area contributed by atoms with Crippen molar-refractivity contribution in [3.63, 3.8) is 0 Å². The van der Waals surface area contributed by atoms with Crippen LogP contribution >= 0.6 is 52.3 Å². The number of rotatable bonds is 4. The average Bonchev–Trinajstić information content (AvgIpc) is 3.10. The minimum absolute atomic E-state index is 0. The molecule has 0 aliphatic carbocycles. The number of H-pyrrole nitrogens is 1. The van der Waals surface area contributed by atoms with Gasteiger partial charge in [0.25, 0.3) is 0 Å². The molecule has 1 saturated heterocycles. The van der Waals surface area contributed by atoms with E-state index < -0.39 is 6.04 Å². The van der Waals surface area contributed by atoms with Gasteiger partial charge in [-0.25, -0.2) is 9.97 Å². The molecule has 0 radical (unpaired) electrons. The molecule has 162 valence electrons. The molecular formula is C18H21BrCl3N7O. The molecule has 12 heteroatoms. The molecule has 1 aromatic carbocycles. The largest absolute Gasteiger partial charge is 0.352 e. The van der Waals surface area contributed by atoms with Gasteiger partial charge in [-0.05, 0) is 40.0 Å². The number of aromatic amines is 1. The summed E-state index contributed by atoms with van der Waals surface area (Å²) in [5.74, 6) is 0.773. The van der Waals surface area contributed by atoms with Gasteiger partial charge < -0.3 is 15.5 Å². The van der Waals surface area contributed by atoms with Crippen LogP contribution in [0.15, 0.2) is 35.2 Å². The first-order valence-electron chi connectivity index (χ1n) is 8.91. The molecule has 1 aliphatic rings. The third kappa shape index (κ3) is 5.15. The van der Waals surface area contributed by atoms with Gasteiger partial charge in [-0.1, -0.05) is 23.7 Å². The highest BCUT2D eigenvalue weighted by molar-refractivity contribution is 9.10. The quantitative estimate of drug-likeness (QED) is 0.531. The van der Waals surface area contributed by atoms with Gasteiger partial charge >= 0.3 is 0 Å². The molecule has 8 nitrogen and oxygen atoms in total. The van der Waals surface area contributed by atoms with Crippen molar-refractivity contribution in [2.75, 3.05) is 31.1 Å². The minimum Gasteiger partial charge on any atom is -0.352 e. The molecular weight excluding hydrogens is 517 g/mol. The zero-order valence-electron chi connectivity index (χ0n) is 15.8. The Kier molecular flexibility index (Phi) is 8.69. The van der Waals surface area contributed by atoms with Crippen molar-refractivity contribution in [1.29, 1.82) is 0 Å². The van der Waals surface area contributed by atoms with Gasteiger partial charge in [-0.15, -0.1) is 24.8 Å². The van der Waals surface area contributed by atoms with E-state index in [-0.39, 0.29) is 30.7 Å². The van der Waals surface area contributed by atoms with Crippen molar-refractivity contribution in [2.24, 2.45) is 5.73 Å². The number of nitrogens with one attached hydrogen (secondary N) is 1. The minimum atomic E-state index is -0.568. The van der Waals surface area contributed by atoms with Crippen molar-refractivity contribution < 1.29 is 4.79 Å². The molecule has 2 aromatic heterocycles. The fraction of sp³-hybridized carbons (Fsp3) is 0.333. The predicted molar refractivity (Wildman–Crippen MR) is 126 cm³/mol. The van der Waals surface area contributed by atoms with Crippen molar-refractivity contribution in [3.05, 3.63) is 45.8 Å². The van der Waals surface area contributed by atoms with Crippen LogP contribution in [0.4, 0.5) is 5.82 Å². The van der Waals surface area contributed by atoms with E-state index in [1.807, 2.05) is 29.2 Å². The number of anilines is 1. The van der Waals surface area contributed by atoms with Gasteiger partial charge in [0, 0.05) is 31.2 Å². The van der Waals surface area contributed by atoms with E-state index in [1.165, 1.54) is 6.33 Å². The molecule has 1 aliphatic heterocycles. The monoisotopic (exact) mass is 535 g/mol. The molecule has 1 fully saturated rings. The topological polar surface area (TPSA) is 104 Å². The van der Waals surface area contributed by atoms with Crippen molar-refractivity contribution >= 4 is 75.1 Å². The summed E-state index contributed by atoms with van der Waals surface area (Å²) in [7, 11) is 0. The fourth-order valence-electron chi connectivity index (χ4n) is 3.38. The number of nitrogens with two attached hydrogens (primary N) is 1. The number of halogens is 4. The van der Waals surface area contributed by atoms with Gasteiger partial charge in [0.2, 0.25) is 5.91 Å². The van der Waals surface area contributed by atoms with Crippen LogP contribution < -0.4 is 10.6 Å². The molecule has 4 rings (SSSR count). The Bertz CT molecular complexity index is 993. The molecule has 0 bridgehead atoms. The highest BCUT2D eigenvalue weighted by Crippen LogP contribution is 2.28. The smallest absolute Gasteiger partial charge is 0.239 e. The van der Waals surface area contributed by atoms with Gasteiger partial charge in [0.05, 0.1) is 11.4 Å². The Hall–Kier alpha value is -1.65. The first kappa shape index (κ1) is 24.6. The van der Waals surface area contributed by atoms with Crippen LogP contribution in [-0.4, -0.2) is 63.2 Å². The number of nitrogens with zero attached hydrogens (tertiary/aromatic N) is 5. The van der Waals surface area contributed by atoms with Gasteiger partial charge in [0.15, 0.2) is 5.65 Å². The summed E-state index contributed by atoms with van der Waals surface area (Å²) in [6.07, 6.45) is 2.00. The number of carbonyl (C=O) groups excluding carboxylic acids is 1. The van der Waals surface area contributed by atoms with Crippen LogP contribution in [0.5, 0.6) is 0 Å². The van der Waals surface area contributed by atoms with Crippen LogP contribution in [-0.2, 0) is 11.2 Å². The summed E-state index contributed by atoms with van der Waals surface area (Å²) in [5.41, 5.74) is 7.78. The van der Waals surface area contributed by atoms with Crippen molar-refractivity contribution in [2.45, 2.75) is 12.5 Å². The third-order valence-electron chi connectivity index (χ3n) is 4.86. The van der Waals surface area contributed by atoms with Crippen LogP contribution in [0.2, 0.25) is 5.02 Å². The van der Waals surface area contributed by atoms with Crippen LogP contribution in [0.3, 0.4) is 0 Å². The fourth-order valence-corrected chi connectivity index (χ4v) is 3.95. The van der Waals surface area contributed by atoms with Gasteiger partial charge in [-0.3, -0.25) is 9.89 Å². The molecule has 30 heavy (non-hydrogen) atoms. The second kappa shape index (κ2) is 10.6. The van der Waals surface area contributed by atoms with E-state index in [0.717, 1.165) is 21.4 Å². The van der Waals surface area contributed by atoms with Gasteiger partial charge in [-0.2, -0.15) is 5.10 Å². The van der Waals surface area contributed by atoms with Crippen LogP contribution in [0, 0.1) is 0 Å². The normalized spacial score (nSPS) is 14.8. The predicted octanol–water partition coefficient (Wildman–Crippen LogP) is 2.83. The molecule has 0 saturated carbocycles. The maximum absolute atomic E-state index is 12.7. The van der Waals surface area contributed by atoms with E-state index in [4.69, 9.17) is 17.3 Å². The average molecular weight is 538 g/mol. The number of carbonyl (C=O) groups is 1. The number of benzene rings is 1. The number of aromatic nitrogens is 4. The molecule has 1 atom stereocenters. The number of hydrogen-bond acceptors (Lipinski definition) is 6. The third-order valence-corrected chi connectivity index (χ3v) is 5.69. The van der Waals surface area contributed by atoms with Gasteiger partial charge in [0.1, 0.15) is 16.7 Å². The molecule has 3 heterocycles. The summed E-state index contributed by atoms with van der Waals surface area (Å²) >= 11 is 9.37. The lowest BCUT2D eigenvalue weighted by molar-refractivity contribution is -0.132. The summed E-state index contributed by atoms with van der Waals surface area (Å²) in [5, 5.41) is 8.54. The molecule has 1 amide bonds. The van der Waals surface area contributed by atoms with Crippen molar-refractivity contribution in [1.82, 2.24) is 25.1 Å². The Morgan fingerprint density at radius 1 is 1.17 bits per heavy atom. The zero-order chi connectivity index (χ0) is 19.7. The summed E-state index contributed by atoms with van der Waals surface area (Å²) < 4.78 is 0.751. The Morgan fingerprint density at radius 2 is 1.83 bits per heavy atom. The lowest BCUT2D eigenvalue weighted by atomic mass is 10.1. The second-order valence-electron chi connectivity index (χ2n) is 6.68. The number of hydrogen-bond donors (Lipinski definition) is 2. The SMILES string of the molecule is Cl.Cl.N[C@H](Cc1ccc(Cl)cc1)C(=O)N1CCN(c2ncnc3n[nH]c(Br)c23)CC1. The van der Waals surface area contributed by atoms with E-state index in [0.29, 0.717) is 43.3 Å². The second-order valence-corrected chi connectivity index (χ2v) is 7.91. The van der Waals surface area contributed by atoms with Crippen molar-refractivity contribution in [3.8, 4) is 0 Å². The standard InChI is InChI=1S/C18H19BrClN7O.2ClH/c19-15-14-16(25-24-15)22-10-23-17(14)26-5-7-27(8-6-26)18(28)13(21)9-11-1-3-12(20)4-2-11;;/h1-4,10,13H,5-9,21H2,(H,22,23,24,25);2*1H/t13-;;/m1../s1. The molecule has 3 aromatic rings. The number of amides is 1. The zero-order valence-corrected chi connectivity index (χ0v) is 19.8. The Balaban J connectivity index is 0.00000160. The molecule has 0 unspecified atom stereocenters. The van der Waals surface area contributed by atoms with Crippen LogP contribution in [0.25, 0.3) is 11.0 Å². The lowest BCUT2D eigenvalue weighted by Crippen LogP contribution is -2.53. The summed E-state index contributed by atoms with van der Waals surface area (Å²) in [6.45, 7) is 2.52. The Labute approximate surface area is 199 Å². The van der Waals surface area contributed by atoms with E-state index in [1.54, 1.807) is 0 Å². The first-order valence-corrected chi connectivity index (χ1v) is 10.1. The highest BCUT2D eigenvalue weighted by atomic mass is 79.9. The number of piperazine rings is 1. The first-order chi connectivity index (χ1) is 13.5. The Morgan fingerprint density at radius 3 is 2.50 bits per heavy atom. The molecule has 0 spiro atoms. The maximum Gasteiger partial charge on any atom is 0.239 e. The van der Waals surface area contributed by atoms with Crippen LogP contribution in [0.1, 0.15) is 5.56 Å². The van der Waals surface area contributed by atoms with E-state index in [2.05, 4.69) is 41.0 Å². The lowest BCUT2D eigenvalue weighted by Gasteiger charge is -2.36. The summed E-state index contributed by atoms with van der Waals surface area (Å²) in [4.78, 5) is 25.3. The maximum atomic E-state index is 12.7. The molecule has 3 N–H and O–H groups in total.